The van der Waals surface area contributed by atoms with Crippen molar-refractivity contribution in [3.05, 3.63) is 20.8 Å². The first-order chi connectivity index (χ1) is 11.7. The molecule has 4 rings (SSSR count). The maximum absolute atomic E-state index is 13.4. The lowest BCUT2D eigenvalue weighted by molar-refractivity contribution is 0.457. The largest absolute Gasteiger partial charge is 0.284 e. The highest BCUT2D eigenvalue weighted by Gasteiger charge is 2.27. The van der Waals surface area contributed by atoms with Gasteiger partial charge in [0.2, 0.25) is 0 Å². The minimum absolute atomic E-state index is 0.138. The summed E-state index contributed by atoms with van der Waals surface area (Å²) in [5.41, 5.74) is 1.40. The van der Waals surface area contributed by atoms with E-state index in [1.165, 1.54) is 47.9 Å². The number of thioether (sulfide) groups is 1. The van der Waals surface area contributed by atoms with Crippen molar-refractivity contribution in [3.63, 3.8) is 0 Å². The summed E-state index contributed by atoms with van der Waals surface area (Å²) in [6.45, 7) is 1.87. The van der Waals surface area contributed by atoms with Crippen LogP contribution in [0.25, 0.3) is 10.2 Å². The van der Waals surface area contributed by atoms with Crippen LogP contribution < -0.4 is 5.56 Å². The van der Waals surface area contributed by atoms with Gasteiger partial charge in [0.25, 0.3) is 5.56 Å². The zero-order valence-corrected chi connectivity index (χ0v) is 15.5. The second kappa shape index (κ2) is 6.53. The van der Waals surface area contributed by atoms with Crippen molar-refractivity contribution >= 4 is 33.3 Å². The first kappa shape index (κ1) is 16.2. The Kier molecular flexibility index (Phi) is 4.40. The van der Waals surface area contributed by atoms with E-state index in [1.807, 2.05) is 11.5 Å². The third kappa shape index (κ3) is 2.68. The van der Waals surface area contributed by atoms with E-state index in [9.17, 15) is 10.1 Å². The number of nitriles is 1. The number of nitrogens with zero attached hydrogens (tertiary/aromatic N) is 3. The average Bonchev–Trinajstić information content (AvgIpc) is 3.21. The highest BCUT2D eigenvalue weighted by atomic mass is 32.2. The SMILES string of the molecule is CC(C#N)Sc1nc2sc3c(c2c(=O)n1C1CCCC1)CCCC3. The van der Waals surface area contributed by atoms with Crippen LogP contribution >= 0.6 is 23.1 Å². The van der Waals surface area contributed by atoms with Gasteiger partial charge in [0, 0.05) is 10.9 Å². The van der Waals surface area contributed by atoms with Crippen molar-refractivity contribution in [2.24, 2.45) is 0 Å². The molecule has 126 valence electrons. The van der Waals surface area contributed by atoms with Crippen LogP contribution in [-0.4, -0.2) is 14.8 Å². The molecule has 1 unspecified atom stereocenters. The van der Waals surface area contributed by atoms with Gasteiger partial charge in [-0.25, -0.2) is 4.98 Å². The molecule has 0 saturated heterocycles. The molecule has 0 amide bonds. The molecule has 0 aromatic carbocycles. The Labute approximate surface area is 149 Å². The van der Waals surface area contributed by atoms with Gasteiger partial charge in [-0.15, -0.1) is 11.3 Å². The molecule has 1 fully saturated rings. The van der Waals surface area contributed by atoms with E-state index in [2.05, 4.69) is 6.07 Å². The topological polar surface area (TPSA) is 58.7 Å². The van der Waals surface area contributed by atoms with Crippen LogP contribution in [0.1, 0.15) is 61.9 Å². The van der Waals surface area contributed by atoms with Crippen LogP contribution in [0.15, 0.2) is 9.95 Å². The van der Waals surface area contributed by atoms with Crippen molar-refractivity contribution in [1.29, 1.82) is 5.26 Å². The predicted octanol–water partition coefficient (Wildman–Crippen LogP) is 4.46. The quantitative estimate of drug-likeness (QED) is 0.600. The standard InChI is InChI=1S/C18H21N3OS2/c1-11(10-19)23-18-20-16-15(13-8-4-5-9-14(13)24-16)17(22)21(18)12-6-2-3-7-12/h11-12H,2-9H2,1H3. The predicted molar refractivity (Wildman–Crippen MR) is 99.0 cm³/mol. The lowest BCUT2D eigenvalue weighted by Crippen LogP contribution is -2.27. The molecule has 2 aliphatic carbocycles. The van der Waals surface area contributed by atoms with Crippen LogP contribution in [-0.2, 0) is 12.8 Å². The van der Waals surface area contributed by atoms with Crippen LogP contribution in [0.5, 0.6) is 0 Å². The Balaban J connectivity index is 1.93. The second-order valence-electron chi connectivity index (χ2n) is 6.79. The fourth-order valence-corrected chi connectivity index (χ4v) is 6.12. The molecule has 1 saturated carbocycles. The molecule has 2 aromatic heterocycles. The van der Waals surface area contributed by atoms with Gasteiger partial charge < -0.3 is 0 Å². The number of thiophene rings is 1. The van der Waals surface area contributed by atoms with Gasteiger partial charge in [-0.3, -0.25) is 9.36 Å². The molecule has 24 heavy (non-hydrogen) atoms. The van der Waals surface area contributed by atoms with Gasteiger partial charge in [-0.2, -0.15) is 5.26 Å². The van der Waals surface area contributed by atoms with E-state index in [1.54, 1.807) is 11.3 Å². The van der Waals surface area contributed by atoms with E-state index in [-0.39, 0.29) is 16.9 Å². The normalized spacial score (nSPS) is 19.3. The minimum Gasteiger partial charge on any atom is -0.284 e. The molecule has 4 nitrogen and oxygen atoms in total. The van der Waals surface area contributed by atoms with Gasteiger partial charge in [-0.05, 0) is 51.0 Å². The molecule has 2 aromatic rings. The molecule has 0 aliphatic heterocycles. The zero-order valence-electron chi connectivity index (χ0n) is 13.9. The highest BCUT2D eigenvalue weighted by molar-refractivity contribution is 8.00. The van der Waals surface area contributed by atoms with Crippen LogP contribution in [0.4, 0.5) is 0 Å². The van der Waals surface area contributed by atoms with E-state index in [0.29, 0.717) is 0 Å². The third-order valence-corrected chi connectivity index (χ3v) is 7.29. The molecular formula is C18H21N3OS2. The van der Waals surface area contributed by atoms with Crippen LogP contribution in [0, 0.1) is 11.3 Å². The summed E-state index contributed by atoms with van der Waals surface area (Å²) in [6, 6.07) is 2.51. The van der Waals surface area contributed by atoms with Crippen molar-refractivity contribution in [1.82, 2.24) is 9.55 Å². The lowest BCUT2D eigenvalue weighted by atomic mass is 9.97. The van der Waals surface area contributed by atoms with Crippen LogP contribution in [0.3, 0.4) is 0 Å². The van der Waals surface area contributed by atoms with Gasteiger partial charge in [-0.1, -0.05) is 24.6 Å². The monoisotopic (exact) mass is 359 g/mol. The molecule has 0 bridgehead atoms. The van der Waals surface area contributed by atoms with Gasteiger partial charge >= 0.3 is 0 Å². The Morgan fingerprint density at radius 3 is 2.79 bits per heavy atom. The van der Waals surface area contributed by atoms with E-state index < -0.39 is 0 Å². The first-order valence-corrected chi connectivity index (χ1v) is 10.5. The Hall–Kier alpha value is -1.32. The van der Waals surface area contributed by atoms with Crippen molar-refractivity contribution in [2.75, 3.05) is 0 Å². The lowest BCUT2D eigenvalue weighted by Gasteiger charge is -2.19. The van der Waals surface area contributed by atoms with Gasteiger partial charge in [0.15, 0.2) is 5.16 Å². The maximum Gasteiger partial charge on any atom is 0.263 e. The summed E-state index contributed by atoms with van der Waals surface area (Å²) < 4.78 is 1.93. The van der Waals surface area contributed by atoms with E-state index in [0.717, 1.165) is 41.1 Å². The Morgan fingerprint density at radius 1 is 1.29 bits per heavy atom. The summed E-state index contributed by atoms with van der Waals surface area (Å²) in [5.74, 6) is 0. The molecule has 0 N–H and O–H groups in total. The highest BCUT2D eigenvalue weighted by Crippen LogP contribution is 2.37. The third-order valence-electron chi connectivity index (χ3n) is 5.14. The summed E-state index contributed by atoms with van der Waals surface area (Å²) in [7, 11) is 0. The molecule has 1 atom stereocenters. The number of hydrogen-bond acceptors (Lipinski definition) is 5. The Bertz CT molecular complexity index is 871. The fraction of sp³-hybridized carbons (Fsp3) is 0.611. The number of aryl methyl sites for hydroxylation is 2. The van der Waals surface area contributed by atoms with Crippen molar-refractivity contribution in [3.8, 4) is 6.07 Å². The first-order valence-electron chi connectivity index (χ1n) is 8.82. The second-order valence-corrected chi connectivity index (χ2v) is 9.18. The zero-order chi connectivity index (χ0) is 16.7. The number of fused-ring (bicyclic) bond motifs is 3. The van der Waals surface area contributed by atoms with Crippen molar-refractivity contribution < 1.29 is 0 Å². The number of aromatic nitrogens is 2. The Morgan fingerprint density at radius 2 is 2.04 bits per heavy atom. The van der Waals surface area contributed by atoms with Crippen LogP contribution in [0.2, 0.25) is 0 Å². The molecule has 2 heterocycles. The van der Waals surface area contributed by atoms with Crippen molar-refractivity contribution in [2.45, 2.75) is 74.7 Å². The molecular weight excluding hydrogens is 338 g/mol. The minimum atomic E-state index is -0.198. The molecule has 2 aliphatic rings. The average molecular weight is 360 g/mol. The summed E-state index contributed by atoms with van der Waals surface area (Å²) in [5, 5.41) is 10.6. The van der Waals surface area contributed by atoms with Gasteiger partial charge in [0.1, 0.15) is 4.83 Å². The van der Waals surface area contributed by atoms with Gasteiger partial charge in [0.05, 0.1) is 16.7 Å². The maximum atomic E-state index is 13.4. The van der Waals surface area contributed by atoms with E-state index >= 15 is 0 Å². The summed E-state index contributed by atoms with van der Waals surface area (Å²) >= 11 is 3.12. The fourth-order valence-electron chi connectivity index (χ4n) is 3.95. The molecule has 0 radical (unpaired) electrons. The molecule has 0 spiro atoms. The summed E-state index contributed by atoms with van der Waals surface area (Å²) in [6.07, 6.45) is 8.92. The number of rotatable bonds is 3. The molecule has 6 heteroatoms. The number of hydrogen-bond donors (Lipinski definition) is 0. The smallest absolute Gasteiger partial charge is 0.263 e. The summed E-state index contributed by atoms with van der Waals surface area (Å²) in [4.78, 5) is 20.5. The van der Waals surface area contributed by atoms with E-state index in [4.69, 9.17) is 4.98 Å².